The molecule has 186 valence electrons. The lowest BCUT2D eigenvalue weighted by molar-refractivity contribution is -0.393. The summed E-state index contributed by atoms with van der Waals surface area (Å²) in [4.78, 5) is 52.7. The molecule has 0 atom stereocenters. The Hall–Kier alpha value is -5.60. The van der Waals surface area contributed by atoms with Crippen molar-refractivity contribution in [2.45, 2.75) is 0 Å². The average molecular weight is 503 g/mol. The van der Waals surface area contributed by atoms with E-state index in [0.29, 0.717) is 17.2 Å². The molecule has 3 heterocycles. The van der Waals surface area contributed by atoms with Gasteiger partial charge in [0.1, 0.15) is 5.69 Å². The number of hydrogen-bond acceptors (Lipinski definition) is 9. The number of aromatic amines is 1. The Morgan fingerprint density at radius 3 is 2.43 bits per heavy atom. The van der Waals surface area contributed by atoms with Crippen molar-refractivity contribution >= 4 is 40.2 Å². The van der Waals surface area contributed by atoms with Crippen LogP contribution in [0.3, 0.4) is 0 Å². The van der Waals surface area contributed by atoms with Gasteiger partial charge in [-0.3, -0.25) is 44.4 Å². The summed E-state index contributed by atoms with van der Waals surface area (Å²) in [5.41, 5.74) is 2.31. The van der Waals surface area contributed by atoms with Crippen LogP contribution in [0.1, 0.15) is 5.69 Å². The topological polar surface area (TPSA) is 188 Å². The highest BCUT2D eigenvalue weighted by Gasteiger charge is 2.23. The van der Waals surface area contributed by atoms with Gasteiger partial charge in [0.15, 0.2) is 11.2 Å². The predicted molar refractivity (Wildman–Crippen MR) is 134 cm³/mol. The van der Waals surface area contributed by atoms with E-state index in [1.54, 1.807) is 11.6 Å². The maximum Gasteiger partial charge on any atom is 0.329 e. The van der Waals surface area contributed by atoms with E-state index in [1.807, 2.05) is 30.3 Å². The second-order valence-electron chi connectivity index (χ2n) is 7.98. The highest BCUT2D eigenvalue weighted by Crippen LogP contribution is 2.30. The molecular weight excluding hydrogens is 486 g/mol. The SMILES string of the molecule is Cn1c(-c2ccccc2)c(C=NNc2ccc([N+](=O)[O-])cc2[N+](=O)[O-])n2c3c(=O)[nH]c(=O)n(C)c3nc12. The minimum Gasteiger partial charge on any atom is -0.312 e. The van der Waals surface area contributed by atoms with Gasteiger partial charge in [0, 0.05) is 25.7 Å². The molecule has 0 spiro atoms. The molecule has 2 N–H and O–H groups in total. The molecule has 15 heteroatoms. The van der Waals surface area contributed by atoms with Gasteiger partial charge in [0.05, 0.1) is 33.5 Å². The summed E-state index contributed by atoms with van der Waals surface area (Å²) in [7, 11) is 3.22. The lowest BCUT2D eigenvalue weighted by Crippen LogP contribution is -2.28. The molecule has 5 rings (SSSR count). The van der Waals surface area contributed by atoms with Crippen LogP contribution in [-0.2, 0) is 14.1 Å². The zero-order valence-electron chi connectivity index (χ0n) is 19.3. The molecule has 3 aromatic heterocycles. The maximum absolute atomic E-state index is 12.8. The molecular formula is C22H17N9O6. The summed E-state index contributed by atoms with van der Waals surface area (Å²) < 4.78 is 4.48. The summed E-state index contributed by atoms with van der Waals surface area (Å²) in [5.74, 6) is 0.350. The van der Waals surface area contributed by atoms with E-state index in [2.05, 4.69) is 20.5 Å². The van der Waals surface area contributed by atoms with E-state index in [4.69, 9.17) is 0 Å². The quantitative estimate of drug-likeness (QED) is 0.200. The van der Waals surface area contributed by atoms with Crippen LogP contribution in [0.15, 0.2) is 63.2 Å². The van der Waals surface area contributed by atoms with Crippen molar-refractivity contribution in [3.8, 4) is 11.3 Å². The van der Waals surface area contributed by atoms with E-state index in [-0.39, 0.29) is 16.9 Å². The second-order valence-corrected chi connectivity index (χ2v) is 7.98. The fourth-order valence-electron chi connectivity index (χ4n) is 4.10. The number of H-pyrrole nitrogens is 1. The summed E-state index contributed by atoms with van der Waals surface area (Å²) in [6, 6.07) is 12.3. The maximum atomic E-state index is 12.8. The monoisotopic (exact) mass is 503 g/mol. The van der Waals surface area contributed by atoms with Gasteiger partial charge in [0.25, 0.3) is 11.2 Å². The molecule has 0 amide bonds. The van der Waals surface area contributed by atoms with Crippen molar-refractivity contribution < 1.29 is 9.85 Å². The minimum absolute atomic E-state index is 0.0731. The van der Waals surface area contributed by atoms with Gasteiger partial charge < -0.3 is 4.57 Å². The van der Waals surface area contributed by atoms with Crippen LogP contribution in [0.4, 0.5) is 17.1 Å². The summed E-state index contributed by atoms with van der Waals surface area (Å²) in [6.45, 7) is 0. The third-order valence-electron chi connectivity index (χ3n) is 5.83. The van der Waals surface area contributed by atoms with E-state index in [0.717, 1.165) is 17.7 Å². The van der Waals surface area contributed by atoms with Gasteiger partial charge in [-0.15, -0.1) is 0 Å². The van der Waals surface area contributed by atoms with Crippen LogP contribution in [0.25, 0.3) is 28.2 Å². The van der Waals surface area contributed by atoms with Crippen LogP contribution < -0.4 is 16.7 Å². The number of imidazole rings is 2. The van der Waals surface area contributed by atoms with Crippen molar-refractivity contribution in [3.05, 3.63) is 95.3 Å². The predicted octanol–water partition coefficient (Wildman–Crippen LogP) is 2.14. The molecule has 0 radical (unpaired) electrons. The smallest absolute Gasteiger partial charge is 0.312 e. The number of fused-ring (bicyclic) bond motifs is 3. The van der Waals surface area contributed by atoms with Crippen LogP contribution >= 0.6 is 0 Å². The Morgan fingerprint density at radius 2 is 1.76 bits per heavy atom. The fraction of sp³-hybridized carbons (Fsp3) is 0.0909. The number of hydrazone groups is 1. The van der Waals surface area contributed by atoms with Crippen LogP contribution in [0.5, 0.6) is 0 Å². The van der Waals surface area contributed by atoms with Crippen LogP contribution in [0, 0.1) is 20.2 Å². The highest BCUT2D eigenvalue weighted by molar-refractivity contribution is 5.93. The molecule has 15 nitrogen and oxygen atoms in total. The van der Waals surface area contributed by atoms with Crippen molar-refractivity contribution in [2.24, 2.45) is 19.2 Å². The molecule has 0 bridgehead atoms. The first-order valence-corrected chi connectivity index (χ1v) is 10.7. The molecule has 5 aromatic rings. The zero-order valence-corrected chi connectivity index (χ0v) is 19.3. The Labute approximate surface area is 205 Å². The van der Waals surface area contributed by atoms with Gasteiger partial charge >= 0.3 is 11.4 Å². The standard InChI is InChI=1S/C22H17N9O6/c1-27-17(12-6-4-3-5-7-12)16(29-18-19(24-21(27)29)28(2)22(33)25-20(18)32)11-23-26-14-9-8-13(30(34)35)10-15(14)31(36)37/h3-11,26H,1-2H3,(H,25,32,33). The number of benzene rings is 2. The molecule has 0 aliphatic rings. The first-order valence-electron chi connectivity index (χ1n) is 10.7. The third-order valence-corrected chi connectivity index (χ3v) is 5.83. The zero-order chi connectivity index (χ0) is 26.4. The highest BCUT2D eigenvalue weighted by atomic mass is 16.6. The summed E-state index contributed by atoms with van der Waals surface area (Å²) in [5, 5.41) is 26.6. The second kappa shape index (κ2) is 8.56. The van der Waals surface area contributed by atoms with Crippen molar-refractivity contribution in [3.63, 3.8) is 0 Å². The molecule has 0 aliphatic heterocycles. The number of nitrogens with zero attached hydrogens (tertiary/aromatic N) is 7. The van der Waals surface area contributed by atoms with E-state index >= 15 is 0 Å². The van der Waals surface area contributed by atoms with Gasteiger partial charge in [0.2, 0.25) is 5.78 Å². The summed E-state index contributed by atoms with van der Waals surface area (Å²) in [6.07, 6.45) is 1.35. The van der Waals surface area contributed by atoms with Gasteiger partial charge in [-0.05, 0) is 6.07 Å². The Bertz CT molecular complexity index is 1880. The number of nitro groups is 2. The number of non-ortho nitro benzene ring substituents is 1. The normalized spacial score (nSPS) is 11.5. The molecule has 37 heavy (non-hydrogen) atoms. The lowest BCUT2D eigenvalue weighted by Gasteiger charge is -2.06. The number of hydrogen-bond donors (Lipinski definition) is 2. The van der Waals surface area contributed by atoms with E-state index < -0.39 is 32.5 Å². The van der Waals surface area contributed by atoms with Crippen molar-refractivity contribution in [1.82, 2.24) is 23.5 Å². The molecule has 0 unspecified atom stereocenters. The molecule has 0 fully saturated rings. The van der Waals surface area contributed by atoms with E-state index in [1.165, 1.54) is 28.3 Å². The Morgan fingerprint density at radius 1 is 1.03 bits per heavy atom. The molecule has 0 aliphatic carbocycles. The largest absolute Gasteiger partial charge is 0.329 e. The Balaban J connectivity index is 1.72. The van der Waals surface area contributed by atoms with Gasteiger partial charge in [-0.2, -0.15) is 10.1 Å². The Kier molecular flexibility index (Phi) is 5.36. The first-order chi connectivity index (χ1) is 17.7. The number of nitro benzene ring substituents is 2. The third kappa shape index (κ3) is 3.70. The number of aromatic nitrogens is 5. The summed E-state index contributed by atoms with van der Waals surface area (Å²) >= 11 is 0. The number of aryl methyl sites for hydroxylation is 2. The number of nitrogens with one attached hydrogen (secondary N) is 2. The fourth-order valence-corrected chi connectivity index (χ4v) is 4.10. The van der Waals surface area contributed by atoms with Crippen LogP contribution in [0.2, 0.25) is 0 Å². The minimum atomic E-state index is -0.760. The first kappa shape index (κ1) is 23.2. The molecule has 2 aromatic carbocycles. The number of anilines is 1. The lowest BCUT2D eigenvalue weighted by atomic mass is 10.1. The average Bonchev–Trinajstić information content (AvgIpc) is 3.39. The molecule has 0 saturated carbocycles. The van der Waals surface area contributed by atoms with Crippen LogP contribution in [-0.4, -0.2) is 39.6 Å². The van der Waals surface area contributed by atoms with E-state index in [9.17, 15) is 29.8 Å². The van der Waals surface area contributed by atoms with Gasteiger partial charge in [-0.1, -0.05) is 30.3 Å². The number of rotatable bonds is 6. The van der Waals surface area contributed by atoms with Crippen molar-refractivity contribution in [1.29, 1.82) is 0 Å². The van der Waals surface area contributed by atoms with Gasteiger partial charge in [-0.25, -0.2) is 4.79 Å². The van der Waals surface area contributed by atoms with Crippen molar-refractivity contribution in [2.75, 3.05) is 5.43 Å². The molecule has 0 saturated heterocycles.